The molecule has 0 atom stereocenters. The van der Waals surface area contributed by atoms with Crippen LogP contribution in [0.4, 0.5) is 5.69 Å². The zero-order valence-electron chi connectivity index (χ0n) is 21.3. The van der Waals surface area contributed by atoms with E-state index in [1.165, 1.54) is 53.7 Å². The van der Waals surface area contributed by atoms with Gasteiger partial charge in [-0.1, -0.05) is 79.9 Å². The molecule has 1 aliphatic rings. The fourth-order valence-corrected chi connectivity index (χ4v) is 5.83. The molecule has 0 aromatic heterocycles. The Bertz CT molecular complexity index is 1130. The molecule has 4 heteroatoms. The standard InChI is InChI=1S/C31H38N2OS/c1-4-25-14-16-28(17-15-25)32-31(35-30-18-13-23(2)19-24(30)3)33(21-26-9-6-5-7-10-26)22-27-11-8-12-29(34)20-27/h8,11-20,26,34H,4-7,9-10,21-22H2,1-3H3. The van der Waals surface area contributed by atoms with E-state index in [4.69, 9.17) is 4.99 Å². The van der Waals surface area contributed by atoms with Crippen molar-refractivity contribution in [2.45, 2.75) is 70.7 Å². The third-order valence-corrected chi connectivity index (χ3v) is 8.07. The van der Waals surface area contributed by atoms with Gasteiger partial charge in [0.15, 0.2) is 5.17 Å². The van der Waals surface area contributed by atoms with Gasteiger partial charge in [-0.05, 0) is 86.1 Å². The number of rotatable bonds is 7. The highest BCUT2D eigenvalue weighted by Gasteiger charge is 2.22. The van der Waals surface area contributed by atoms with Gasteiger partial charge in [-0.2, -0.15) is 0 Å². The van der Waals surface area contributed by atoms with Gasteiger partial charge in [-0.25, -0.2) is 4.99 Å². The lowest BCUT2D eigenvalue weighted by Crippen LogP contribution is -2.34. The van der Waals surface area contributed by atoms with Crippen LogP contribution in [0.3, 0.4) is 0 Å². The van der Waals surface area contributed by atoms with Gasteiger partial charge in [0, 0.05) is 18.0 Å². The van der Waals surface area contributed by atoms with Crippen LogP contribution < -0.4 is 0 Å². The number of aromatic hydroxyl groups is 1. The van der Waals surface area contributed by atoms with Crippen molar-refractivity contribution in [3.8, 4) is 5.75 Å². The molecule has 1 fully saturated rings. The summed E-state index contributed by atoms with van der Waals surface area (Å²) >= 11 is 1.76. The second-order valence-electron chi connectivity index (χ2n) is 9.84. The van der Waals surface area contributed by atoms with Crippen LogP contribution in [0.5, 0.6) is 5.75 Å². The van der Waals surface area contributed by atoms with Gasteiger partial charge in [0.1, 0.15) is 5.75 Å². The zero-order chi connectivity index (χ0) is 24.6. The fourth-order valence-electron chi connectivity index (χ4n) is 4.85. The fraction of sp³-hybridized carbons (Fsp3) is 0.387. The molecular formula is C31H38N2OS. The van der Waals surface area contributed by atoms with E-state index in [0.717, 1.165) is 35.9 Å². The van der Waals surface area contributed by atoms with E-state index in [1.54, 1.807) is 17.8 Å². The molecule has 0 amide bonds. The molecule has 1 N–H and O–H groups in total. The van der Waals surface area contributed by atoms with E-state index >= 15 is 0 Å². The summed E-state index contributed by atoms with van der Waals surface area (Å²) in [6.07, 6.45) is 7.58. The average molecular weight is 487 g/mol. The minimum absolute atomic E-state index is 0.316. The van der Waals surface area contributed by atoms with Gasteiger partial charge in [0.2, 0.25) is 0 Å². The predicted octanol–water partition coefficient (Wildman–Crippen LogP) is 8.43. The summed E-state index contributed by atoms with van der Waals surface area (Å²) in [5.41, 5.74) is 5.97. The first-order valence-corrected chi connectivity index (χ1v) is 13.8. The first-order valence-electron chi connectivity index (χ1n) is 13.0. The number of thioether (sulfide) groups is 1. The lowest BCUT2D eigenvalue weighted by Gasteiger charge is -2.32. The third kappa shape index (κ3) is 7.38. The quantitative estimate of drug-likeness (QED) is 0.207. The lowest BCUT2D eigenvalue weighted by atomic mass is 9.89. The van der Waals surface area contributed by atoms with Crippen molar-refractivity contribution in [3.05, 3.63) is 89.0 Å². The molecule has 4 rings (SSSR count). The van der Waals surface area contributed by atoms with E-state index in [1.807, 2.05) is 12.1 Å². The summed E-state index contributed by atoms with van der Waals surface area (Å²) in [7, 11) is 0. The predicted molar refractivity (Wildman–Crippen MR) is 150 cm³/mol. The number of aryl methyl sites for hydroxylation is 3. The second-order valence-corrected chi connectivity index (χ2v) is 10.8. The summed E-state index contributed by atoms with van der Waals surface area (Å²) in [6.45, 7) is 8.22. The maximum absolute atomic E-state index is 10.1. The monoisotopic (exact) mass is 486 g/mol. The van der Waals surface area contributed by atoms with Crippen LogP contribution >= 0.6 is 11.8 Å². The lowest BCUT2D eigenvalue weighted by molar-refractivity contribution is 0.272. The van der Waals surface area contributed by atoms with Crippen molar-refractivity contribution >= 4 is 22.6 Å². The number of phenols is 1. The summed E-state index contributed by atoms with van der Waals surface area (Å²) in [5.74, 6) is 0.990. The summed E-state index contributed by atoms with van der Waals surface area (Å²) in [5, 5.41) is 11.1. The molecule has 0 aliphatic heterocycles. The Kier molecular flexibility index (Phi) is 8.92. The number of hydrogen-bond donors (Lipinski definition) is 1. The van der Waals surface area contributed by atoms with Crippen LogP contribution in [-0.4, -0.2) is 21.7 Å². The van der Waals surface area contributed by atoms with Crippen LogP contribution in [0.2, 0.25) is 0 Å². The smallest absolute Gasteiger partial charge is 0.169 e. The molecule has 0 radical (unpaired) electrons. The van der Waals surface area contributed by atoms with Crippen LogP contribution in [0.1, 0.15) is 61.3 Å². The molecule has 3 aromatic rings. The van der Waals surface area contributed by atoms with E-state index in [2.05, 4.69) is 74.2 Å². The highest BCUT2D eigenvalue weighted by molar-refractivity contribution is 8.13. The van der Waals surface area contributed by atoms with Crippen molar-refractivity contribution in [1.29, 1.82) is 0 Å². The van der Waals surface area contributed by atoms with Crippen molar-refractivity contribution < 1.29 is 5.11 Å². The molecule has 3 nitrogen and oxygen atoms in total. The van der Waals surface area contributed by atoms with Gasteiger partial charge in [-0.15, -0.1) is 0 Å². The van der Waals surface area contributed by atoms with Crippen molar-refractivity contribution in [2.24, 2.45) is 10.9 Å². The Morgan fingerprint density at radius 2 is 1.71 bits per heavy atom. The Hall–Kier alpha value is -2.72. The van der Waals surface area contributed by atoms with Gasteiger partial charge in [-0.3, -0.25) is 0 Å². The Balaban J connectivity index is 1.72. The highest BCUT2D eigenvalue weighted by Crippen LogP contribution is 2.32. The summed E-state index contributed by atoms with van der Waals surface area (Å²) < 4.78 is 0. The molecule has 0 bridgehead atoms. The van der Waals surface area contributed by atoms with E-state index in [-0.39, 0.29) is 0 Å². The van der Waals surface area contributed by atoms with Gasteiger partial charge >= 0.3 is 0 Å². The second kappa shape index (κ2) is 12.3. The first kappa shape index (κ1) is 25.4. The number of phenolic OH excluding ortho intramolecular Hbond substituents is 1. The van der Waals surface area contributed by atoms with E-state index in [9.17, 15) is 5.11 Å². The first-order chi connectivity index (χ1) is 17.0. The number of benzene rings is 3. The maximum Gasteiger partial charge on any atom is 0.169 e. The molecule has 1 saturated carbocycles. The van der Waals surface area contributed by atoms with Crippen LogP contribution in [0, 0.1) is 19.8 Å². The highest BCUT2D eigenvalue weighted by atomic mass is 32.2. The zero-order valence-corrected chi connectivity index (χ0v) is 22.2. The number of aliphatic imine (C=N–C) groups is 1. The molecule has 1 aliphatic carbocycles. The molecular weight excluding hydrogens is 448 g/mol. The minimum Gasteiger partial charge on any atom is -0.508 e. The van der Waals surface area contributed by atoms with Crippen molar-refractivity contribution in [2.75, 3.05) is 6.54 Å². The van der Waals surface area contributed by atoms with Crippen molar-refractivity contribution in [1.82, 2.24) is 4.90 Å². The molecule has 184 valence electrons. The maximum atomic E-state index is 10.1. The average Bonchev–Trinajstić information content (AvgIpc) is 2.86. The minimum atomic E-state index is 0.316. The van der Waals surface area contributed by atoms with Crippen molar-refractivity contribution in [3.63, 3.8) is 0 Å². The van der Waals surface area contributed by atoms with Crippen LogP contribution in [0.15, 0.2) is 76.6 Å². The normalized spacial score (nSPS) is 14.8. The largest absolute Gasteiger partial charge is 0.508 e. The third-order valence-electron chi connectivity index (χ3n) is 6.86. The topological polar surface area (TPSA) is 35.8 Å². The van der Waals surface area contributed by atoms with E-state index in [0.29, 0.717) is 11.7 Å². The summed E-state index contributed by atoms with van der Waals surface area (Å²) in [6, 6.07) is 22.9. The van der Waals surface area contributed by atoms with Crippen LogP contribution in [0.25, 0.3) is 0 Å². The molecule has 0 spiro atoms. The molecule has 0 saturated heterocycles. The van der Waals surface area contributed by atoms with Gasteiger partial charge in [0.25, 0.3) is 0 Å². The Labute approximate surface area is 215 Å². The molecule has 3 aromatic carbocycles. The van der Waals surface area contributed by atoms with E-state index < -0.39 is 0 Å². The van der Waals surface area contributed by atoms with Gasteiger partial charge < -0.3 is 10.0 Å². The van der Waals surface area contributed by atoms with Gasteiger partial charge in [0.05, 0.1) is 5.69 Å². The van der Waals surface area contributed by atoms with Crippen LogP contribution in [-0.2, 0) is 13.0 Å². The molecule has 35 heavy (non-hydrogen) atoms. The molecule has 0 unspecified atom stereocenters. The SMILES string of the molecule is CCc1ccc(N=C(Sc2ccc(C)cc2C)N(Cc2cccc(O)c2)CC2CCCCC2)cc1. The number of nitrogens with zero attached hydrogens (tertiary/aromatic N) is 2. The Morgan fingerprint density at radius 3 is 2.40 bits per heavy atom. The molecule has 0 heterocycles. The Morgan fingerprint density at radius 1 is 0.943 bits per heavy atom. The number of hydrogen-bond acceptors (Lipinski definition) is 3. The number of amidine groups is 1. The summed E-state index contributed by atoms with van der Waals surface area (Å²) in [4.78, 5) is 8.91.